The molecule has 1 aromatic carbocycles. The van der Waals surface area contributed by atoms with E-state index < -0.39 is 40.1 Å². The van der Waals surface area contributed by atoms with Gasteiger partial charge in [-0.05, 0) is 56.0 Å². The van der Waals surface area contributed by atoms with Crippen molar-refractivity contribution in [3.05, 3.63) is 59.4 Å². The summed E-state index contributed by atoms with van der Waals surface area (Å²) in [4.78, 5) is 31.1. The Morgan fingerprint density at radius 1 is 1.25 bits per heavy atom. The smallest absolute Gasteiger partial charge is 0.417 e. The third-order valence-corrected chi connectivity index (χ3v) is 6.02. The molecule has 1 amide bonds. The Labute approximate surface area is 189 Å². The molecule has 0 aliphatic carbocycles. The number of carbonyl (C=O) groups excluding carboxylic acids is 2. The van der Waals surface area contributed by atoms with Gasteiger partial charge in [-0.1, -0.05) is 31.0 Å². The number of likely N-dealkylation sites (tertiary alicyclic amines) is 1. The van der Waals surface area contributed by atoms with Crippen LogP contribution in [-0.4, -0.2) is 39.2 Å². The fraction of sp³-hybridized carbons (Fsp3) is 0.435. The number of benzene rings is 1. The Morgan fingerprint density at radius 2 is 1.94 bits per heavy atom. The van der Waals surface area contributed by atoms with E-state index in [1.165, 1.54) is 4.90 Å². The Balaban J connectivity index is 2.04. The van der Waals surface area contributed by atoms with Gasteiger partial charge in [0, 0.05) is 18.9 Å². The minimum atomic E-state index is -4.72. The quantitative estimate of drug-likeness (QED) is 0.533. The maximum absolute atomic E-state index is 13.5. The molecule has 1 aromatic heterocycles. The first-order chi connectivity index (χ1) is 15.1. The zero-order valence-corrected chi connectivity index (χ0v) is 18.5. The molecule has 172 valence electrons. The molecule has 2 aromatic rings. The molecule has 1 aliphatic heterocycles. The van der Waals surface area contributed by atoms with Crippen LogP contribution < -0.4 is 4.74 Å². The predicted octanol–water partition coefficient (Wildman–Crippen LogP) is 5.40. The number of amides is 1. The van der Waals surface area contributed by atoms with Crippen LogP contribution in [0.5, 0.6) is 5.75 Å². The molecule has 2 atom stereocenters. The van der Waals surface area contributed by atoms with Crippen LogP contribution in [0.3, 0.4) is 0 Å². The number of aryl methyl sites for hydroxylation is 1. The minimum Gasteiger partial charge on any atom is -0.476 e. The summed E-state index contributed by atoms with van der Waals surface area (Å²) in [5.41, 5.74) is -2.21. The molecule has 0 unspecified atom stereocenters. The highest BCUT2D eigenvalue weighted by molar-refractivity contribution is 6.65. The third kappa shape index (κ3) is 4.75. The molecule has 0 spiro atoms. The van der Waals surface area contributed by atoms with Crippen molar-refractivity contribution >= 4 is 22.8 Å². The monoisotopic (exact) mass is 468 g/mol. The van der Waals surface area contributed by atoms with Crippen LogP contribution in [0, 0.1) is 6.92 Å². The highest BCUT2D eigenvalue weighted by atomic mass is 35.5. The number of ether oxygens (including phenoxy) is 1. The second kappa shape index (κ2) is 9.48. The summed E-state index contributed by atoms with van der Waals surface area (Å²) in [6.07, 6.45) is -1.33. The number of halogens is 4. The van der Waals surface area contributed by atoms with Gasteiger partial charge in [-0.3, -0.25) is 14.6 Å². The Kier molecular flexibility index (Phi) is 7.12. The second-order valence-corrected chi connectivity index (χ2v) is 8.25. The van der Waals surface area contributed by atoms with Gasteiger partial charge in [-0.2, -0.15) is 13.2 Å². The summed E-state index contributed by atoms with van der Waals surface area (Å²) < 4.78 is 46.7. The summed E-state index contributed by atoms with van der Waals surface area (Å²) in [6, 6.07) is 6.96. The van der Waals surface area contributed by atoms with Gasteiger partial charge in [-0.15, -0.1) is 0 Å². The molecular formula is C23H24ClF3N2O3. The van der Waals surface area contributed by atoms with Gasteiger partial charge >= 0.3 is 6.18 Å². The largest absolute Gasteiger partial charge is 0.476 e. The fourth-order valence-corrected chi connectivity index (χ4v) is 4.42. The fourth-order valence-electron chi connectivity index (χ4n) is 4.16. The summed E-state index contributed by atoms with van der Waals surface area (Å²) in [5, 5.41) is -0.781. The molecule has 3 rings (SSSR count). The number of hydrogen-bond acceptors (Lipinski definition) is 4. The van der Waals surface area contributed by atoms with Crippen molar-refractivity contribution in [1.29, 1.82) is 0 Å². The average Bonchev–Trinajstić information content (AvgIpc) is 2.75. The Bertz CT molecular complexity index is 981. The molecule has 1 saturated heterocycles. The average molecular weight is 469 g/mol. The first-order valence-corrected chi connectivity index (χ1v) is 10.8. The first-order valence-electron chi connectivity index (χ1n) is 10.4. The van der Waals surface area contributed by atoms with Crippen LogP contribution >= 0.6 is 11.6 Å². The van der Waals surface area contributed by atoms with E-state index in [4.69, 9.17) is 16.3 Å². The lowest BCUT2D eigenvalue weighted by molar-refractivity contribution is -0.139. The van der Waals surface area contributed by atoms with E-state index in [1.54, 1.807) is 12.1 Å². The van der Waals surface area contributed by atoms with Gasteiger partial charge in [0.15, 0.2) is 0 Å². The standard InChI is InChI=1S/C23H24ClF3N2O3/c1-3-5-19-22(21(24)31,32-16-8-6-15(2)7-9-16)11-4-13-29(19)20(30)17-14-28-12-10-18(17)23(25,26)27/h6-10,12,14,19H,3-5,11,13H2,1-2H3/t19-,22+/m1/s1. The summed E-state index contributed by atoms with van der Waals surface area (Å²) >= 11 is 6.05. The number of nitrogens with zero attached hydrogens (tertiary/aromatic N) is 2. The first kappa shape index (κ1) is 24.0. The molecule has 9 heteroatoms. The molecule has 0 saturated carbocycles. The van der Waals surface area contributed by atoms with Gasteiger partial charge in [0.05, 0.1) is 17.2 Å². The Morgan fingerprint density at radius 3 is 2.53 bits per heavy atom. The van der Waals surface area contributed by atoms with Crippen LogP contribution in [0.15, 0.2) is 42.7 Å². The van der Waals surface area contributed by atoms with Gasteiger partial charge in [0.2, 0.25) is 5.60 Å². The molecule has 1 fully saturated rings. The molecule has 2 heterocycles. The van der Waals surface area contributed by atoms with Crippen molar-refractivity contribution in [2.24, 2.45) is 0 Å². The molecule has 5 nitrogen and oxygen atoms in total. The number of hydrogen-bond donors (Lipinski definition) is 0. The lowest BCUT2D eigenvalue weighted by atomic mass is 9.82. The normalized spacial score (nSPS) is 21.3. The molecule has 0 bridgehead atoms. The van der Waals surface area contributed by atoms with Gasteiger partial charge in [0.1, 0.15) is 5.75 Å². The molecule has 0 radical (unpaired) electrons. The number of carbonyl (C=O) groups is 2. The SMILES string of the molecule is CCC[C@H]1N(C(=O)c2cnccc2C(F)(F)F)CCC[C@@]1(Oc1ccc(C)cc1)C(=O)Cl. The van der Waals surface area contributed by atoms with Crippen LogP contribution in [0.4, 0.5) is 13.2 Å². The van der Waals surface area contributed by atoms with Crippen LogP contribution in [0.2, 0.25) is 0 Å². The van der Waals surface area contributed by atoms with Crippen LogP contribution in [-0.2, 0) is 11.0 Å². The summed E-state index contributed by atoms with van der Waals surface area (Å²) in [5.74, 6) is -0.448. The van der Waals surface area contributed by atoms with Gasteiger partial charge in [0.25, 0.3) is 11.1 Å². The van der Waals surface area contributed by atoms with E-state index in [-0.39, 0.29) is 13.0 Å². The molecule has 32 heavy (non-hydrogen) atoms. The van der Waals surface area contributed by atoms with Crippen molar-refractivity contribution < 1.29 is 27.5 Å². The van der Waals surface area contributed by atoms with Gasteiger partial charge < -0.3 is 9.64 Å². The van der Waals surface area contributed by atoms with Crippen molar-refractivity contribution in [2.45, 2.75) is 57.3 Å². The second-order valence-electron chi connectivity index (χ2n) is 7.90. The van der Waals surface area contributed by atoms with E-state index in [0.717, 1.165) is 24.0 Å². The maximum Gasteiger partial charge on any atom is 0.417 e. The number of piperidine rings is 1. The molecular weight excluding hydrogens is 445 g/mol. The maximum atomic E-state index is 13.5. The lowest BCUT2D eigenvalue weighted by Crippen LogP contribution is -2.64. The van der Waals surface area contributed by atoms with E-state index in [2.05, 4.69) is 4.98 Å². The van der Waals surface area contributed by atoms with E-state index in [1.807, 2.05) is 26.0 Å². The minimum absolute atomic E-state index is 0.179. The van der Waals surface area contributed by atoms with Crippen LogP contribution in [0.25, 0.3) is 0 Å². The highest BCUT2D eigenvalue weighted by Gasteiger charge is 2.53. The molecule has 1 aliphatic rings. The zero-order chi connectivity index (χ0) is 23.5. The molecule has 0 N–H and O–H groups in total. The number of aromatic nitrogens is 1. The summed E-state index contributed by atoms with van der Waals surface area (Å²) in [6.45, 7) is 3.94. The number of rotatable bonds is 6. The topological polar surface area (TPSA) is 59.5 Å². The van der Waals surface area contributed by atoms with E-state index in [0.29, 0.717) is 25.0 Å². The van der Waals surface area contributed by atoms with Crippen molar-refractivity contribution in [2.75, 3.05) is 6.54 Å². The van der Waals surface area contributed by atoms with Crippen molar-refractivity contribution in [3.8, 4) is 5.75 Å². The van der Waals surface area contributed by atoms with Gasteiger partial charge in [-0.25, -0.2) is 0 Å². The Hall–Kier alpha value is -2.61. The number of alkyl halides is 3. The highest BCUT2D eigenvalue weighted by Crippen LogP contribution is 2.39. The summed E-state index contributed by atoms with van der Waals surface area (Å²) in [7, 11) is 0. The van der Waals surface area contributed by atoms with E-state index >= 15 is 0 Å². The zero-order valence-electron chi connectivity index (χ0n) is 17.8. The third-order valence-electron chi connectivity index (χ3n) is 5.70. The number of pyridine rings is 1. The van der Waals surface area contributed by atoms with Crippen LogP contribution in [0.1, 0.15) is 54.1 Å². The van der Waals surface area contributed by atoms with Crippen molar-refractivity contribution in [1.82, 2.24) is 9.88 Å². The van der Waals surface area contributed by atoms with Crippen molar-refractivity contribution in [3.63, 3.8) is 0 Å². The van der Waals surface area contributed by atoms with E-state index in [9.17, 15) is 22.8 Å². The predicted molar refractivity (Wildman–Crippen MR) is 114 cm³/mol. The lowest BCUT2D eigenvalue weighted by Gasteiger charge is -2.47.